The van der Waals surface area contributed by atoms with Crippen LogP contribution in [-0.4, -0.2) is 11.3 Å². The minimum Gasteiger partial charge on any atom is -0.507 e. The van der Waals surface area contributed by atoms with E-state index in [1.807, 2.05) is 38.3 Å². The molecular weight excluding hydrogens is 234 g/mol. The average molecular weight is 253 g/mol. The second-order valence-corrected chi connectivity index (χ2v) is 5.03. The predicted octanol–water partition coefficient (Wildman–Crippen LogP) is 4.38. The number of phenolic OH excluding ortho intramolecular Hbond substituents is 1. The van der Waals surface area contributed by atoms with Gasteiger partial charge < -0.3 is 5.11 Å². The van der Waals surface area contributed by atoms with Gasteiger partial charge in [0.2, 0.25) is 0 Å². The molecule has 19 heavy (non-hydrogen) atoms. The van der Waals surface area contributed by atoms with Crippen molar-refractivity contribution in [1.82, 2.24) is 0 Å². The van der Waals surface area contributed by atoms with E-state index in [4.69, 9.17) is 0 Å². The molecule has 0 unspecified atom stereocenters. The zero-order valence-electron chi connectivity index (χ0n) is 11.9. The molecule has 0 bridgehead atoms. The van der Waals surface area contributed by atoms with Crippen molar-refractivity contribution in [1.29, 1.82) is 0 Å². The van der Waals surface area contributed by atoms with Gasteiger partial charge in [-0.05, 0) is 79.8 Å². The van der Waals surface area contributed by atoms with Gasteiger partial charge in [-0.3, -0.25) is 4.99 Å². The van der Waals surface area contributed by atoms with E-state index in [0.717, 1.165) is 22.4 Å². The largest absolute Gasteiger partial charge is 0.507 e. The van der Waals surface area contributed by atoms with Gasteiger partial charge in [-0.15, -0.1) is 0 Å². The van der Waals surface area contributed by atoms with Crippen LogP contribution in [-0.2, 0) is 0 Å². The molecule has 0 aliphatic carbocycles. The van der Waals surface area contributed by atoms with Crippen LogP contribution in [0.2, 0.25) is 0 Å². The van der Waals surface area contributed by atoms with Crippen molar-refractivity contribution in [2.24, 2.45) is 4.99 Å². The molecule has 0 atom stereocenters. The van der Waals surface area contributed by atoms with Gasteiger partial charge in [-0.2, -0.15) is 0 Å². The Kier molecular flexibility index (Phi) is 3.70. The molecule has 0 saturated heterocycles. The molecule has 0 aliphatic rings. The van der Waals surface area contributed by atoms with Gasteiger partial charge in [0.25, 0.3) is 0 Å². The quantitative estimate of drug-likeness (QED) is 0.792. The smallest absolute Gasteiger partial charge is 0.121 e. The molecule has 0 aliphatic heterocycles. The number of aryl methyl sites for hydroxylation is 4. The molecule has 0 spiro atoms. The lowest BCUT2D eigenvalue weighted by atomic mass is 10.1. The highest BCUT2D eigenvalue weighted by molar-refractivity contribution is 5.83. The fraction of sp³-hybridized carbons (Fsp3) is 0.235. The van der Waals surface area contributed by atoms with Crippen molar-refractivity contribution in [3.05, 3.63) is 58.1 Å². The number of hydrogen-bond donors (Lipinski definition) is 1. The molecule has 0 aromatic heterocycles. The fourth-order valence-corrected chi connectivity index (χ4v) is 2.02. The van der Waals surface area contributed by atoms with Crippen molar-refractivity contribution in [2.45, 2.75) is 27.7 Å². The number of rotatable bonds is 2. The lowest BCUT2D eigenvalue weighted by Gasteiger charge is -2.04. The first kappa shape index (κ1) is 13.3. The maximum atomic E-state index is 9.74. The number of hydrogen-bond acceptors (Lipinski definition) is 2. The highest BCUT2D eigenvalue weighted by atomic mass is 16.3. The second-order valence-electron chi connectivity index (χ2n) is 5.03. The van der Waals surface area contributed by atoms with Crippen LogP contribution in [0.4, 0.5) is 5.69 Å². The Morgan fingerprint density at radius 1 is 0.842 bits per heavy atom. The molecule has 2 rings (SSSR count). The summed E-state index contributed by atoms with van der Waals surface area (Å²) in [6.07, 6.45) is 1.84. The third-order valence-electron chi connectivity index (χ3n) is 3.37. The van der Waals surface area contributed by atoms with Crippen LogP contribution in [0.1, 0.15) is 27.8 Å². The van der Waals surface area contributed by atoms with Crippen molar-refractivity contribution in [3.63, 3.8) is 0 Å². The first-order valence-corrected chi connectivity index (χ1v) is 6.39. The topological polar surface area (TPSA) is 32.6 Å². The lowest BCUT2D eigenvalue weighted by Crippen LogP contribution is -1.87. The fourth-order valence-electron chi connectivity index (χ4n) is 2.02. The predicted molar refractivity (Wildman–Crippen MR) is 80.8 cm³/mol. The Labute approximate surface area is 114 Å². The molecule has 98 valence electrons. The Balaban J connectivity index is 2.30. The van der Waals surface area contributed by atoms with E-state index in [-0.39, 0.29) is 0 Å². The molecule has 2 nitrogen and oxygen atoms in total. The van der Waals surface area contributed by atoms with Gasteiger partial charge >= 0.3 is 0 Å². The molecule has 1 N–H and O–H groups in total. The van der Waals surface area contributed by atoms with Crippen LogP contribution >= 0.6 is 0 Å². The van der Waals surface area contributed by atoms with Gasteiger partial charge in [-0.1, -0.05) is 6.07 Å². The van der Waals surface area contributed by atoms with Crippen LogP contribution in [0.3, 0.4) is 0 Å². The zero-order chi connectivity index (χ0) is 14.0. The second kappa shape index (κ2) is 5.27. The van der Waals surface area contributed by atoms with Crippen LogP contribution in [0, 0.1) is 27.7 Å². The number of benzene rings is 2. The number of aliphatic imine (C=N–C) groups is 1. The Morgan fingerprint density at radius 3 is 2.05 bits per heavy atom. The minimum absolute atomic E-state index is 0.364. The van der Waals surface area contributed by atoms with Crippen molar-refractivity contribution in [2.75, 3.05) is 0 Å². The van der Waals surface area contributed by atoms with E-state index < -0.39 is 0 Å². The van der Waals surface area contributed by atoms with E-state index in [0.29, 0.717) is 5.75 Å². The summed E-state index contributed by atoms with van der Waals surface area (Å²) in [6.45, 7) is 7.98. The van der Waals surface area contributed by atoms with Gasteiger partial charge in [0.15, 0.2) is 0 Å². The minimum atomic E-state index is 0.364. The molecule has 0 fully saturated rings. The SMILES string of the molecule is Cc1ccc(N=Cc2cc(C)c(O)c(C)c2)cc1C. The summed E-state index contributed by atoms with van der Waals surface area (Å²) in [5, 5.41) is 9.74. The van der Waals surface area contributed by atoms with Crippen LogP contribution in [0.25, 0.3) is 0 Å². The van der Waals surface area contributed by atoms with E-state index >= 15 is 0 Å². The summed E-state index contributed by atoms with van der Waals surface area (Å²) < 4.78 is 0. The highest BCUT2D eigenvalue weighted by Crippen LogP contribution is 2.23. The van der Waals surface area contributed by atoms with Crippen LogP contribution < -0.4 is 0 Å². The summed E-state index contributed by atoms with van der Waals surface area (Å²) in [7, 11) is 0. The third kappa shape index (κ3) is 3.02. The first-order valence-electron chi connectivity index (χ1n) is 6.39. The monoisotopic (exact) mass is 253 g/mol. The highest BCUT2D eigenvalue weighted by Gasteiger charge is 2.01. The van der Waals surface area contributed by atoms with Crippen molar-refractivity contribution >= 4 is 11.9 Å². The van der Waals surface area contributed by atoms with Crippen LogP contribution in [0.15, 0.2) is 35.3 Å². The molecule has 0 amide bonds. The maximum absolute atomic E-state index is 9.74. The lowest BCUT2D eigenvalue weighted by molar-refractivity contribution is 0.467. The first-order chi connectivity index (χ1) is 8.97. The molecule has 0 saturated carbocycles. The van der Waals surface area contributed by atoms with Crippen molar-refractivity contribution < 1.29 is 5.11 Å². The van der Waals surface area contributed by atoms with E-state index in [9.17, 15) is 5.11 Å². The van der Waals surface area contributed by atoms with Gasteiger partial charge in [-0.25, -0.2) is 0 Å². The standard InChI is InChI=1S/C17H19NO/c1-11-5-6-16(9-12(11)2)18-10-15-7-13(3)17(19)14(4)8-15/h5-10,19H,1-4H3. The molecule has 0 radical (unpaired) electrons. The summed E-state index contributed by atoms with van der Waals surface area (Å²) in [5.41, 5.74) is 6.23. The Bertz CT molecular complexity index is 619. The summed E-state index contributed by atoms with van der Waals surface area (Å²) in [4.78, 5) is 4.48. The van der Waals surface area contributed by atoms with Gasteiger partial charge in [0.1, 0.15) is 5.75 Å². The molecule has 2 heteroatoms. The average Bonchev–Trinajstić information content (AvgIpc) is 2.37. The van der Waals surface area contributed by atoms with Crippen LogP contribution in [0.5, 0.6) is 5.75 Å². The van der Waals surface area contributed by atoms with E-state index in [2.05, 4.69) is 31.0 Å². The molecule has 2 aromatic rings. The molecular formula is C17H19NO. The third-order valence-corrected chi connectivity index (χ3v) is 3.37. The number of phenols is 1. The van der Waals surface area contributed by atoms with E-state index in [1.165, 1.54) is 11.1 Å². The molecule has 2 aromatic carbocycles. The zero-order valence-corrected chi connectivity index (χ0v) is 11.9. The van der Waals surface area contributed by atoms with E-state index in [1.54, 1.807) is 0 Å². The number of nitrogens with zero attached hydrogens (tertiary/aromatic N) is 1. The summed E-state index contributed by atoms with van der Waals surface area (Å²) >= 11 is 0. The molecule has 0 heterocycles. The Morgan fingerprint density at radius 2 is 1.47 bits per heavy atom. The van der Waals surface area contributed by atoms with Gasteiger partial charge in [0.05, 0.1) is 5.69 Å². The number of aromatic hydroxyl groups is 1. The summed E-state index contributed by atoms with van der Waals surface area (Å²) in [6, 6.07) is 10.0. The Hall–Kier alpha value is -2.09. The summed E-state index contributed by atoms with van der Waals surface area (Å²) in [5.74, 6) is 0.364. The normalized spacial score (nSPS) is 11.2. The van der Waals surface area contributed by atoms with Crippen molar-refractivity contribution in [3.8, 4) is 5.75 Å². The van der Waals surface area contributed by atoms with Gasteiger partial charge in [0, 0.05) is 6.21 Å². The maximum Gasteiger partial charge on any atom is 0.121 e.